The van der Waals surface area contributed by atoms with Gasteiger partial charge in [0, 0.05) is 0 Å². The molecule has 0 aliphatic rings. The third kappa shape index (κ3) is 13.6. The van der Waals surface area contributed by atoms with Crippen molar-refractivity contribution in [2.45, 2.75) is 45.4 Å². The summed E-state index contributed by atoms with van der Waals surface area (Å²) in [7, 11) is 1.52. The molecule has 4 aromatic rings. The third-order valence-corrected chi connectivity index (χ3v) is 6.07. The standard InChI is InChI=1S/C14H22O2.C9H5Cl3N4.C7H8O2/c1-2-3-4-5-6-9-12-16-14-11-8-7-10-13(14)15;10-5-3-1-2-4-6(5)13-9-15-7(11)14-8(12)16-9;1-9-7-5-3-2-4-6(7)8/h7-8,10-11,15H,2-6,9,12H2,1H3;1-4H,(H,13,14,15,16);2-5,8H,1H3. The molecule has 3 aromatic carbocycles. The first-order valence-corrected chi connectivity index (χ1v) is 14.3. The number of aromatic hydroxyl groups is 2. The van der Waals surface area contributed by atoms with E-state index in [-0.39, 0.29) is 28.0 Å². The van der Waals surface area contributed by atoms with Crippen LogP contribution in [0, 0.1) is 0 Å². The Labute approximate surface area is 256 Å². The van der Waals surface area contributed by atoms with E-state index in [9.17, 15) is 5.11 Å². The molecule has 0 aliphatic heterocycles. The summed E-state index contributed by atoms with van der Waals surface area (Å²) < 4.78 is 10.3. The van der Waals surface area contributed by atoms with Crippen molar-refractivity contribution in [2.24, 2.45) is 0 Å². The molecule has 41 heavy (non-hydrogen) atoms. The number of aromatic nitrogens is 3. The molecule has 1 aromatic heterocycles. The van der Waals surface area contributed by atoms with E-state index >= 15 is 0 Å². The molecule has 4 rings (SSSR count). The zero-order valence-corrected chi connectivity index (χ0v) is 25.3. The van der Waals surface area contributed by atoms with E-state index in [0.717, 1.165) is 6.42 Å². The Morgan fingerprint density at radius 2 is 1.22 bits per heavy atom. The fourth-order valence-corrected chi connectivity index (χ4v) is 3.88. The van der Waals surface area contributed by atoms with Crippen LogP contribution in [0.5, 0.6) is 23.0 Å². The molecule has 11 heteroatoms. The maximum atomic E-state index is 9.46. The molecule has 220 valence electrons. The zero-order chi connectivity index (χ0) is 29.9. The molecule has 0 spiro atoms. The number of rotatable bonds is 11. The van der Waals surface area contributed by atoms with Crippen LogP contribution in [-0.2, 0) is 0 Å². The molecule has 0 saturated heterocycles. The number of phenolic OH excluding ortho intramolecular Hbond substituents is 2. The Morgan fingerprint density at radius 3 is 1.78 bits per heavy atom. The molecule has 1 heterocycles. The van der Waals surface area contributed by atoms with Gasteiger partial charge in [-0.15, -0.1) is 0 Å². The van der Waals surface area contributed by atoms with E-state index in [4.69, 9.17) is 49.4 Å². The summed E-state index contributed by atoms with van der Waals surface area (Å²) in [4.78, 5) is 11.4. The number of benzene rings is 3. The fourth-order valence-electron chi connectivity index (χ4n) is 3.34. The van der Waals surface area contributed by atoms with Gasteiger partial charge in [-0.3, -0.25) is 0 Å². The molecular weight excluding hydrogens is 587 g/mol. The van der Waals surface area contributed by atoms with E-state index in [1.54, 1.807) is 54.6 Å². The molecule has 0 unspecified atom stereocenters. The second kappa shape index (κ2) is 19.6. The number of methoxy groups -OCH3 is 1. The molecular formula is C30H35Cl3N4O4. The van der Waals surface area contributed by atoms with E-state index in [1.807, 2.05) is 18.2 Å². The van der Waals surface area contributed by atoms with Crippen molar-refractivity contribution in [3.8, 4) is 23.0 Å². The average Bonchev–Trinajstić information content (AvgIpc) is 2.95. The molecule has 0 amide bonds. The van der Waals surface area contributed by atoms with Gasteiger partial charge in [-0.05, 0) is 66.0 Å². The predicted octanol–water partition coefficient (Wildman–Crippen LogP) is 9.11. The van der Waals surface area contributed by atoms with Crippen LogP contribution in [0.3, 0.4) is 0 Å². The average molecular weight is 622 g/mol. The van der Waals surface area contributed by atoms with Crippen LogP contribution >= 0.6 is 34.8 Å². The quantitative estimate of drug-likeness (QED) is 0.142. The molecule has 3 N–H and O–H groups in total. The molecule has 0 atom stereocenters. The zero-order valence-electron chi connectivity index (χ0n) is 23.1. The summed E-state index contributed by atoms with van der Waals surface area (Å²) >= 11 is 17.2. The second-order valence-corrected chi connectivity index (χ2v) is 9.64. The largest absolute Gasteiger partial charge is 0.504 e. The van der Waals surface area contributed by atoms with Crippen molar-refractivity contribution in [3.05, 3.63) is 88.4 Å². The number of halogens is 3. The minimum Gasteiger partial charge on any atom is -0.504 e. The van der Waals surface area contributed by atoms with Crippen LogP contribution < -0.4 is 14.8 Å². The van der Waals surface area contributed by atoms with Crippen LogP contribution in [0.25, 0.3) is 0 Å². The maximum absolute atomic E-state index is 9.46. The predicted molar refractivity (Wildman–Crippen MR) is 166 cm³/mol. The van der Waals surface area contributed by atoms with Gasteiger partial charge in [0.15, 0.2) is 23.0 Å². The Hall–Kier alpha value is -3.46. The SMILES string of the molecule is CCCCCCCCOc1ccccc1O.COc1ccccc1O.Clc1nc(Cl)nc(Nc2ccccc2Cl)n1. The normalized spacial score (nSPS) is 9.98. The van der Waals surface area contributed by atoms with Crippen molar-refractivity contribution in [3.63, 3.8) is 0 Å². The third-order valence-electron chi connectivity index (χ3n) is 5.41. The van der Waals surface area contributed by atoms with Crippen LogP contribution in [0.4, 0.5) is 11.6 Å². The fraction of sp³-hybridized carbons (Fsp3) is 0.300. The number of nitrogens with one attached hydrogen (secondary N) is 1. The van der Waals surface area contributed by atoms with Crippen LogP contribution in [0.2, 0.25) is 15.6 Å². The van der Waals surface area contributed by atoms with Gasteiger partial charge in [-0.2, -0.15) is 15.0 Å². The number of hydrogen-bond acceptors (Lipinski definition) is 8. The molecule has 0 radical (unpaired) electrons. The summed E-state index contributed by atoms with van der Waals surface area (Å²) in [5.74, 6) is 1.76. The first-order chi connectivity index (χ1) is 19.8. The number of para-hydroxylation sites is 5. The van der Waals surface area contributed by atoms with Crippen molar-refractivity contribution in [1.82, 2.24) is 15.0 Å². The number of hydrogen-bond donors (Lipinski definition) is 3. The summed E-state index contributed by atoms with van der Waals surface area (Å²) in [6, 6.07) is 21.1. The minimum atomic E-state index is 0.0227. The Balaban J connectivity index is 0.000000224. The van der Waals surface area contributed by atoms with Gasteiger partial charge in [-0.25, -0.2) is 0 Å². The van der Waals surface area contributed by atoms with Gasteiger partial charge in [0.1, 0.15) is 0 Å². The summed E-state index contributed by atoms with van der Waals surface area (Å²) in [5.41, 5.74) is 0.669. The number of unbranched alkanes of at least 4 members (excludes halogenated alkanes) is 5. The molecule has 0 saturated carbocycles. The Morgan fingerprint density at radius 1 is 0.683 bits per heavy atom. The number of nitrogens with zero attached hydrogens (tertiary/aromatic N) is 3. The van der Waals surface area contributed by atoms with Gasteiger partial charge in [0.05, 0.1) is 24.4 Å². The summed E-state index contributed by atoms with van der Waals surface area (Å²) in [6.45, 7) is 2.92. The van der Waals surface area contributed by atoms with Crippen molar-refractivity contribution in [2.75, 3.05) is 19.0 Å². The topological polar surface area (TPSA) is 110 Å². The van der Waals surface area contributed by atoms with E-state index in [2.05, 4.69) is 27.2 Å². The van der Waals surface area contributed by atoms with E-state index in [0.29, 0.717) is 28.8 Å². The van der Waals surface area contributed by atoms with Gasteiger partial charge in [0.25, 0.3) is 0 Å². The number of ether oxygens (including phenoxy) is 2. The van der Waals surface area contributed by atoms with Gasteiger partial charge < -0.3 is 25.0 Å². The first kappa shape index (κ1) is 33.7. The number of anilines is 2. The monoisotopic (exact) mass is 620 g/mol. The lowest BCUT2D eigenvalue weighted by Crippen LogP contribution is -1.99. The molecule has 0 bridgehead atoms. The summed E-state index contributed by atoms with van der Waals surface area (Å²) in [6.07, 6.45) is 7.52. The van der Waals surface area contributed by atoms with Gasteiger partial charge in [0.2, 0.25) is 16.5 Å². The highest BCUT2D eigenvalue weighted by Gasteiger charge is 2.05. The number of phenols is 2. The molecule has 0 fully saturated rings. The smallest absolute Gasteiger partial charge is 0.232 e. The van der Waals surface area contributed by atoms with Crippen molar-refractivity contribution < 1.29 is 19.7 Å². The van der Waals surface area contributed by atoms with E-state index in [1.165, 1.54) is 39.2 Å². The summed E-state index contributed by atoms with van der Waals surface area (Å²) in [5, 5.41) is 21.9. The maximum Gasteiger partial charge on any atom is 0.232 e. The molecule has 8 nitrogen and oxygen atoms in total. The van der Waals surface area contributed by atoms with E-state index < -0.39 is 0 Å². The highest BCUT2D eigenvalue weighted by Crippen LogP contribution is 2.25. The highest BCUT2D eigenvalue weighted by molar-refractivity contribution is 6.33. The Bertz CT molecular complexity index is 1290. The lowest BCUT2D eigenvalue weighted by Gasteiger charge is -2.07. The van der Waals surface area contributed by atoms with Crippen molar-refractivity contribution >= 4 is 46.4 Å². The lowest BCUT2D eigenvalue weighted by molar-refractivity contribution is 0.289. The minimum absolute atomic E-state index is 0.0227. The van der Waals surface area contributed by atoms with Crippen LogP contribution in [0.15, 0.2) is 72.8 Å². The second-order valence-electron chi connectivity index (χ2n) is 8.56. The van der Waals surface area contributed by atoms with Gasteiger partial charge >= 0.3 is 0 Å². The highest BCUT2D eigenvalue weighted by atomic mass is 35.5. The Kier molecular flexibility index (Phi) is 16.1. The lowest BCUT2D eigenvalue weighted by atomic mass is 10.1. The van der Waals surface area contributed by atoms with Crippen molar-refractivity contribution in [1.29, 1.82) is 0 Å². The molecule has 0 aliphatic carbocycles. The first-order valence-electron chi connectivity index (χ1n) is 13.2. The van der Waals surface area contributed by atoms with Gasteiger partial charge in [-0.1, -0.05) is 87.0 Å². The van der Waals surface area contributed by atoms with Crippen LogP contribution in [-0.4, -0.2) is 38.9 Å². The van der Waals surface area contributed by atoms with Crippen LogP contribution in [0.1, 0.15) is 45.4 Å².